The molecule has 0 bridgehead atoms. The van der Waals surface area contributed by atoms with Crippen LogP contribution in [0.15, 0.2) is 54.6 Å². The van der Waals surface area contributed by atoms with E-state index >= 15 is 0 Å². The molecule has 1 saturated heterocycles. The quantitative estimate of drug-likeness (QED) is 0.340. The molecule has 186 valence electrons. The number of benzene rings is 2. The highest BCUT2D eigenvalue weighted by Gasteiger charge is 2.57. The number of nitrogens with one attached hydrogen (secondary N) is 1. The molecule has 6 nitrogen and oxygen atoms in total. The number of ether oxygens (including phenoxy) is 1. The molecule has 0 radical (unpaired) electrons. The normalized spacial score (nSPS) is 18.6. The van der Waals surface area contributed by atoms with E-state index in [2.05, 4.69) is 40.0 Å². The van der Waals surface area contributed by atoms with Gasteiger partial charge in [0, 0.05) is 55.4 Å². The van der Waals surface area contributed by atoms with Gasteiger partial charge in [0.1, 0.15) is 24.1 Å². The van der Waals surface area contributed by atoms with E-state index in [1.165, 1.54) is 23.8 Å². The van der Waals surface area contributed by atoms with Crippen LogP contribution in [-0.4, -0.2) is 34.7 Å². The van der Waals surface area contributed by atoms with Gasteiger partial charge in [0.25, 0.3) is 0 Å². The Morgan fingerprint density at radius 3 is 2.72 bits per heavy atom. The molecular formula is C28H29ClFN5O. The number of aromatic nitrogens is 3. The topological polar surface area (TPSA) is 55.2 Å². The van der Waals surface area contributed by atoms with E-state index in [4.69, 9.17) is 26.3 Å². The number of nitrogens with zero attached hydrogens (tertiary/aromatic N) is 4. The predicted molar refractivity (Wildman–Crippen MR) is 141 cm³/mol. The van der Waals surface area contributed by atoms with Crippen LogP contribution in [0, 0.1) is 11.2 Å². The number of hydrogen-bond donors (Lipinski definition) is 1. The number of pyridine rings is 1. The van der Waals surface area contributed by atoms with Gasteiger partial charge in [0.05, 0.1) is 11.0 Å². The van der Waals surface area contributed by atoms with Crippen molar-refractivity contribution in [3.8, 4) is 5.88 Å². The maximum atomic E-state index is 14.1. The third kappa shape index (κ3) is 4.15. The van der Waals surface area contributed by atoms with Gasteiger partial charge in [-0.05, 0) is 61.1 Å². The Bertz CT molecular complexity index is 1430. The van der Waals surface area contributed by atoms with Crippen molar-refractivity contribution < 1.29 is 9.13 Å². The number of aryl methyl sites for hydroxylation is 1. The largest absolute Gasteiger partial charge is 0.473 e. The van der Waals surface area contributed by atoms with Gasteiger partial charge in [-0.15, -0.1) is 0 Å². The molecule has 36 heavy (non-hydrogen) atoms. The number of fused-ring (bicyclic) bond motifs is 1. The summed E-state index contributed by atoms with van der Waals surface area (Å²) in [5.74, 6) is 2.73. The minimum Gasteiger partial charge on any atom is -0.473 e. The number of rotatable bonds is 6. The van der Waals surface area contributed by atoms with Crippen LogP contribution in [0.25, 0.3) is 11.0 Å². The summed E-state index contributed by atoms with van der Waals surface area (Å²) in [6, 6.07) is 16.7. The first-order valence-electron chi connectivity index (χ1n) is 12.4. The molecule has 2 fully saturated rings. The molecule has 1 saturated carbocycles. The highest BCUT2D eigenvalue weighted by atomic mass is 35.5. The van der Waals surface area contributed by atoms with Crippen molar-refractivity contribution in [2.24, 2.45) is 12.5 Å². The summed E-state index contributed by atoms with van der Waals surface area (Å²) >= 11 is 5.84. The first-order valence-corrected chi connectivity index (χ1v) is 12.8. The van der Waals surface area contributed by atoms with E-state index < -0.39 is 0 Å². The van der Waals surface area contributed by atoms with E-state index in [1.54, 1.807) is 12.1 Å². The molecule has 4 aromatic rings. The summed E-state index contributed by atoms with van der Waals surface area (Å²) in [7, 11) is 4.07. The molecule has 1 aliphatic carbocycles. The summed E-state index contributed by atoms with van der Waals surface area (Å²) < 4.78 is 22.1. The molecule has 2 aromatic heterocycles. The Morgan fingerprint density at radius 2 is 1.94 bits per heavy atom. The lowest BCUT2D eigenvalue weighted by Gasteiger charge is -2.33. The molecule has 6 rings (SSSR count). The van der Waals surface area contributed by atoms with Crippen molar-refractivity contribution in [1.82, 2.24) is 14.5 Å². The van der Waals surface area contributed by atoms with E-state index in [-0.39, 0.29) is 12.4 Å². The van der Waals surface area contributed by atoms with Crippen LogP contribution in [0.2, 0.25) is 5.02 Å². The van der Waals surface area contributed by atoms with Crippen molar-refractivity contribution in [1.29, 1.82) is 0 Å². The van der Waals surface area contributed by atoms with Crippen LogP contribution in [0.4, 0.5) is 15.9 Å². The predicted octanol–water partition coefficient (Wildman–Crippen LogP) is 6.16. The van der Waals surface area contributed by atoms with Gasteiger partial charge in [-0.1, -0.05) is 23.7 Å². The zero-order chi connectivity index (χ0) is 24.9. The van der Waals surface area contributed by atoms with Crippen LogP contribution in [0.3, 0.4) is 0 Å². The molecule has 8 heteroatoms. The van der Waals surface area contributed by atoms with Crippen molar-refractivity contribution in [2.45, 2.75) is 31.8 Å². The molecule has 2 aliphatic rings. The first-order chi connectivity index (χ1) is 17.5. The zero-order valence-electron chi connectivity index (χ0n) is 20.5. The molecule has 3 heterocycles. The lowest BCUT2D eigenvalue weighted by molar-refractivity contribution is 0.287. The Labute approximate surface area is 215 Å². The lowest BCUT2D eigenvalue weighted by Crippen LogP contribution is -2.35. The van der Waals surface area contributed by atoms with E-state index in [0.29, 0.717) is 27.8 Å². The maximum Gasteiger partial charge on any atom is 0.215 e. The van der Waals surface area contributed by atoms with Crippen LogP contribution in [-0.2, 0) is 13.7 Å². The van der Waals surface area contributed by atoms with Crippen molar-refractivity contribution in [3.63, 3.8) is 0 Å². The standard InChI is InChI=1S/C28H29ClFN5O/c1-31-20-8-9-24-23(15-20)32-27(34(24)2)21-16-28(21)10-12-35(13-11-28)25-4-3-5-26(33-25)36-17-18-6-7-19(29)14-22(18)30/h3-9,14-15,21,31H,10-13,16-17H2,1-2H3. The monoisotopic (exact) mass is 505 g/mol. The lowest BCUT2D eigenvalue weighted by atomic mass is 9.90. The highest BCUT2D eigenvalue weighted by Crippen LogP contribution is 2.64. The second kappa shape index (κ2) is 8.96. The van der Waals surface area contributed by atoms with Gasteiger partial charge in [0.2, 0.25) is 5.88 Å². The summed E-state index contributed by atoms with van der Waals surface area (Å²) in [4.78, 5) is 12.0. The third-order valence-electron chi connectivity index (χ3n) is 7.89. The average Bonchev–Trinajstić information content (AvgIpc) is 3.48. The average molecular weight is 506 g/mol. The molecule has 1 spiro atoms. The molecule has 2 aromatic carbocycles. The minimum atomic E-state index is -0.373. The van der Waals surface area contributed by atoms with E-state index in [1.807, 2.05) is 25.2 Å². The van der Waals surface area contributed by atoms with Crippen LogP contribution >= 0.6 is 11.6 Å². The third-order valence-corrected chi connectivity index (χ3v) is 8.12. The molecular weight excluding hydrogens is 477 g/mol. The molecule has 1 aliphatic heterocycles. The number of imidazole rings is 1. The molecule has 1 atom stereocenters. The number of hydrogen-bond acceptors (Lipinski definition) is 5. The summed E-state index contributed by atoms with van der Waals surface area (Å²) in [6.07, 6.45) is 3.43. The fourth-order valence-electron chi connectivity index (χ4n) is 5.58. The molecule has 1 N–H and O–H groups in total. The van der Waals surface area contributed by atoms with Gasteiger partial charge in [0.15, 0.2) is 0 Å². The van der Waals surface area contributed by atoms with Crippen molar-refractivity contribution in [3.05, 3.63) is 76.8 Å². The zero-order valence-corrected chi connectivity index (χ0v) is 21.2. The van der Waals surface area contributed by atoms with Crippen LogP contribution in [0.5, 0.6) is 5.88 Å². The van der Waals surface area contributed by atoms with Crippen molar-refractivity contribution in [2.75, 3.05) is 30.4 Å². The molecule has 1 unspecified atom stereocenters. The Balaban J connectivity index is 1.11. The second-order valence-electron chi connectivity index (χ2n) is 9.95. The Hall–Kier alpha value is -3.32. The van der Waals surface area contributed by atoms with E-state index in [9.17, 15) is 4.39 Å². The number of anilines is 2. The smallest absolute Gasteiger partial charge is 0.215 e. The second-order valence-corrected chi connectivity index (χ2v) is 10.4. The fraction of sp³-hybridized carbons (Fsp3) is 0.357. The van der Waals surface area contributed by atoms with Gasteiger partial charge in [-0.25, -0.2) is 9.37 Å². The minimum absolute atomic E-state index is 0.109. The number of halogens is 2. The van der Waals surface area contributed by atoms with Gasteiger partial charge in [-0.2, -0.15) is 4.98 Å². The van der Waals surface area contributed by atoms with Gasteiger partial charge in [-0.3, -0.25) is 0 Å². The van der Waals surface area contributed by atoms with Crippen LogP contribution in [0.1, 0.15) is 36.6 Å². The molecule has 0 amide bonds. The fourth-order valence-corrected chi connectivity index (χ4v) is 5.74. The van der Waals surface area contributed by atoms with Crippen molar-refractivity contribution >= 4 is 34.1 Å². The maximum absolute atomic E-state index is 14.1. The van der Waals surface area contributed by atoms with Crippen LogP contribution < -0.4 is 15.0 Å². The summed E-state index contributed by atoms with van der Waals surface area (Å²) in [5, 5.41) is 3.57. The van der Waals surface area contributed by atoms with E-state index in [0.717, 1.165) is 43.0 Å². The number of piperidine rings is 1. The summed E-state index contributed by atoms with van der Waals surface area (Å²) in [6.45, 7) is 2.01. The first kappa shape index (κ1) is 23.1. The Morgan fingerprint density at radius 1 is 1.11 bits per heavy atom. The Kier molecular flexibility index (Phi) is 5.75. The van der Waals surface area contributed by atoms with Gasteiger partial charge >= 0.3 is 0 Å². The van der Waals surface area contributed by atoms with Gasteiger partial charge < -0.3 is 19.5 Å². The highest BCUT2D eigenvalue weighted by molar-refractivity contribution is 6.30. The summed E-state index contributed by atoms with van der Waals surface area (Å²) in [5.41, 5.74) is 4.11. The SMILES string of the molecule is CNc1ccc2c(c1)nc(C1CC13CCN(c1cccc(OCc4ccc(Cl)cc4F)n1)CC3)n2C.